The van der Waals surface area contributed by atoms with E-state index in [0.29, 0.717) is 29.9 Å². The molecule has 30 heavy (non-hydrogen) atoms. The zero-order chi connectivity index (χ0) is 21.9. The van der Waals surface area contributed by atoms with Crippen LogP contribution in [0.25, 0.3) is 16.9 Å². The summed E-state index contributed by atoms with van der Waals surface area (Å²) in [6.45, 7) is 6.97. The zero-order valence-corrected chi connectivity index (χ0v) is 17.7. The van der Waals surface area contributed by atoms with Gasteiger partial charge < -0.3 is 21.1 Å². The van der Waals surface area contributed by atoms with E-state index < -0.39 is 5.97 Å². The van der Waals surface area contributed by atoms with Gasteiger partial charge >= 0.3 is 5.97 Å². The first-order valence-electron chi connectivity index (χ1n) is 9.71. The SMILES string of the molecule is COC(=O)c1ccc(-c2nc3cc(C(=O)NCCN)ccn3c2NC(C)(C)C)cc1. The summed E-state index contributed by atoms with van der Waals surface area (Å²) in [6, 6.07) is 10.6. The third-order valence-electron chi connectivity index (χ3n) is 4.39. The van der Waals surface area contributed by atoms with Gasteiger partial charge in [-0.25, -0.2) is 9.78 Å². The summed E-state index contributed by atoms with van der Waals surface area (Å²) >= 11 is 0. The van der Waals surface area contributed by atoms with Crippen LogP contribution in [0.4, 0.5) is 5.82 Å². The predicted molar refractivity (Wildman–Crippen MR) is 117 cm³/mol. The number of carbonyl (C=O) groups excluding carboxylic acids is 2. The van der Waals surface area contributed by atoms with Crippen LogP contribution in [0, 0.1) is 0 Å². The Morgan fingerprint density at radius 1 is 1.13 bits per heavy atom. The number of nitrogens with one attached hydrogen (secondary N) is 2. The topological polar surface area (TPSA) is 111 Å². The fraction of sp³-hybridized carbons (Fsp3) is 0.318. The molecule has 0 aliphatic heterocycles. The number of carbonyl (C=O) groups is 2. The van der Waals surface area contributed by atoms with E-state index in [1.165, 1.54) is 7.11 Å². The Balaban J connectivity index is 2.08. The Bertz CT molecular complexity index is 1060. The minimum Gasteiger partial charge on any atom is -0.465 e. The first kappa shape index (κ1) is 21.3. The first-order chi connectivity index (χ1) is 14.2. The van der Waals surface area contributed by atoms with Gasteiger partial charge in [-0.05, 0) is 45.0 Å². The standard InChI is InChI=1S/C22H27N5O3/c1-22(2,3)26-19-18(14-5-7-15(8-6-14)21(29)30-4)25-17-13-16(9-12-27(17)19)20(28)24-11-10-23/h5-9,12-13,26H,10-11,23H2,1-4H3,(H,24,28). The van der Waals surface area contributed by atoms with Crippen molar-refractivity contribution in [3.63, 3.8) is 0 Å². The van der Waals surface area contributed by atoms with Crippen molar-refractivity contribution in [3.05, 3.63) is 53.7 Å². The second kappa shape index (κ2) is 8.54. The van der Waals surface area contributed by atoms with Crippen molar-refractivity contribution >= 4 is 23.3 Å². The summed E-state index contributed by atoms with van der Waals surface area (Å²) in [6.07, 6.45) is 1.82. The maximum absolute atomic E-state index is 12.3. The Morgan fingerprint density at radius 3 is 2.43 bits per heavy atom. The molecule has 3 rings (SSSR count). The van der Waals surface area contributed by atoms with Gasteiger partial charge in [0.15, 0.2) is 0 Å². The lowest BCUT2D eigenvalue weighted by Gasteiger charge is -2.22. The van der Waals surface area contributed by atoms with E-state index in [1.54, 1.807) is 24.3 Å². The number of ether oxygens (including phenoxy) is 1. The average Bonchev–Trinajstić information content (AvgIpc) is 3.07. The van der Waals surface area contributed by atoms with E-state index in [1.807, 2.05) is 22.7 Å². The number of rotatable bonds is 6. The molecule has 1 aromatic carbocycles. The molecule has 0 saturated heterocycles. The second-order valence-corrected chi connectivity index (χ2v) is 7.94. The van der Waals surface area contributed by atoms with Crippen molar-refractivity contribution in [1.82, 2.24) is 14.7 Å². The van der Waals surface area contributed by atoms with Gasteiger partial charge in [0.2, 0.25) is 0 Å². The smallest absolute Gasteiger partial charge is 0.337 e. The summed E-state index contributed by atoms with van der Waals surface area (Å²) in [5.41, 5.74) is 8.42. The van der Waals surface area contributed by atoms with Crippen LogP contribution in [0.15, 0.2) is 42.6 Å². The number of benzene rings is 1. The Hall–Kier alpha value is -3.39. The van der Waals surface area contributed by atoms with Gasteiger partial charge in [-0.15, -0.1) is 0 Å². The lowest BCUT2D eigenvalue weighted by molar-refractivity contribution is 0.0600. The van der Waals surface area contributed by atoms with Crippen LogP contribution < -0.4 is 16.4 Å². The van der Waals surface area contributed by atoms with Crippen LogP contribution in [0.3, 0.4) is 0 Å². The van der Waals surface area contributed by atoms with Crippen LogP contribution in [0.2, 0.25) is 0 Å². The number of pyridine rings is 1. The van der Waals surface area contributed by atoms with Crippen molar-refractivity contribution in [2.24, 2.45) is 5.73 Å². The average molecular weight is 409 g/mol. The molecule has 0 spiro atoms. The number of methoxy groups -OCH3 is 1. The van der Waals surface area contributed by atoms with Gasteiger partial charge in [0.1, 0.15) is 17.2 Å². The highest BCUT2D eigenvalue weighted by Crippen LogP contribution is 2.31. The predicted octanol–water partition coefficient (Wildman–Crippen LogP) is 2.69. The van der Waals surface area contributed by atoms with Gasteiger partial charge in [-0.3, -0.25) is 9.20 Å². The maximum Gasteiger partial charge on any atom is 0.337 e. The van der Waals surface area contributed by atoms with Crippen LogP contribution in [-0.2, 0) is 4.74 Å². The molecule has 0 aliphatic carbocycles. The minimum absolute atomic E-state index is 0.194. The van der Waals surface area contributed by atoms with Crippen LogP contribution in [0.1, 0.15) is 41.5 Å². The highest BCUT2D eigenvalue weighted by molar-refractivity contribution is 5.95. The molecular formula is C22H27N5O3. The van der Waals surface area contributed by atoms with E-state index in [0.717, 1.165) is 17.1 Å². The molecule has 0 radical (unpaired) electrons. The van der Waals surface area contributed by atoms with E-state index in [9.17, 15) is 9.59 Å². The fourth-order valence-corrected chi connectivity index (χ4v) is 3.03. The zero-order valence-electron chi connectivity index (χ0n) is 17.7. The molecule has 2 aromatic heterocycles. The van der Waals surface area contributed by atoms with Gasteiger partial charge in [0, 0.05) is 36.0 Å². The number of amides is 1. The number of anilines is 1. The van der Waals surface area contributed by atoms with Crippen LogP contribution in [0.5, 0.6) is 0 Å². The number of hydrogen-bond acceptors (Lipinski definition) is 6. The number of nitrogens with two attached hydrogens (primary N) is 1. The van der Waals surface area contributed by atoms with Crippen molar-refractivity contribution < 1.29 is 14.3 Å². The number of fused-ring (bicyclic) bond motifs is 1. The van der Waals surface area contributed by atoms with Gasteiger partial charge in [-0.2, -0.15) is 0 Å². The van der Waals surface area contributed by atoms with Gasteiger partial charge in [-0.1, -0.05) is 12.1 Å². The van der Waals surface area contributed by atoms with Crippen LogP contribution >= 0.6 is 0 Å². The maximum atomic E-state index is 12.3. The molecule has 0 saturated carbocycles. The molecule has 1 amide bonds. The molecule has 8 nitrogen and oxygen atoms in total. The largest absolute Gasteiger partial charge is 0.465 e. The summed E-state index contributed by atoms with van der Waals surface area (Å²) in [4.78, 5) is 28.8. The Kier molecular flexibility index (Phi) is 6.07. The first-order valence-corrected chi connectivity index (χ1v) is 9.71. The Labute approximate surface area is 175 Å². The van der Waals surface area contributed by atoms with E-state index in [4.69, 9.17) is 15.5 Å². The summed E-state index contributed by atoms with van der Waals surface area (Å²) in [5.74, 6) is 0.218. The number of aromatic nitrogens is 2. The third kappa shape index (κ3) is 4.60. The molecular weight excluding hydrogens is 382 g/mol. The Morgan fingerprint density at radius 2 is 1.83 bits per heavy atom. The third-order valence-corrected chi connectivity index (χ3v) is 4.39. The second-order valence-electron chi connectivity index (χ2n) is 7.94. The number of nitrogens with zero attached hydrogens (tertiary/aromatic N) is 2. The van der Waals surface area contributed by atoms with Crippen molar-refractivity contribution in [1.29, 1.82) is 0 Å². The summed E-state index contributed by atoms with van der Waals surface area (Å²) in [7, 11) is 1.35. The normalized spacial score (nSPS) is 11.4. The van der Waals surface area contributed by atoms with Gasteiger partial charge in [0.05, 0.1) is 12.7 Å². The molecule has 3 aromatic rings. The van der Waals surface area contributed by atoms with Crippen molar-refractivity contribution in [2.45, 2.75) is 26.3 Å². The molecule has 8 heteroatoms. The molecule has 0 bridgehead atoms. The highest BCUT2D eigenvalue weighted by Gasteiger charge is 2.20. The summed E-state index contributed by atoms with van der Waals surface area (Å²) < 4.78 is 6.68. The molecule has 0 fully saturated rings. The minimum atomic E-state index is -0.391. The molecule has 0 atom stereocenters. The van der Waals surface area contributed by atoms with E-state index in [2.05, 4.69) is 31.4 Å². The van der Waals surface area contributed by atoms with E-state index >= 15 is 0 Å². The highest BCUT2D eigenvalue weighted by atomic mass is 16.5. The number of hydrogen-bond donors (Lipinski definition) is 3. The molecule has 4 N–H and O–H groups in total. The van der Waals surface area contributed by atoms with E-state index in [-0.39, 0.29) is 11.4 Å². The quantitative estimate of drug-likeness (QED) is 0.540. The lowest BCUT2D eigenvalue weighted by atomic mass is 10.1. The number of imidazole rings is 1. The monoisotopic (exact) mass is 409 g/mol. The molecule has 2 heterocycles. The van der Waals surface area contributed by atoms with Crippen molar-refractivity contribution in [3.8, 4) is 11.3 Å². The summed E-state index contributed by atoms with van der Waals surface area (Å²) in [5, 5.41) is 6.26. The number of esters is 1. The molecule has 158 valence electrons. The fourth-order valence-electron chi connectivity index (χ4n) is 3.03. The molecule has 0 unspecified atom stereocenters. The van der Waals surface area contributed by atoms with Gasteiger partial charge in [0.25, 0.3) is 5.91 Å². The van der Waals surface area contributed by atoms with Crippen LogP contribution in [-0.4, -0.2) is 47.0 Å². The van der Waals surface area contributed by atoms with Crippen molar-refractivity contribution in [2.75, 3.05) is 25.5 Å². The lowest BCUT2D eigenvalue weighted by Crippen LogP contribution is -2.29. The molecule has 0 aliphatic rings.